The minimum atomic E-state index is -0.511. The van der Waals surface area contributed by atoms with Gasteiger partial charge in [-0.15, -0.1) is 0 Å². The lowest BCUT2D eigenvalue weighted by atomic mass is 9.94. The van der Waals surface area contributed by atoms with Crippen molar-refractivity contribution in [3.8, 4) is 0 Å². The van der Waals surface area contributed by atoms with Crippen LogP contribution in [0.1, 0.15) is 65.2 Å². The molecule has 0 saturated carbocycles. The molecule has 1 aliphatic rings. The van der Waals surface area contributed by atoms with E-state index in [1.165, 1.54) is 0 Å². The van der Waals surface area contributed by atoms with E-state index >= 15 is 0 Å². The van der Waals surface area contributed by atoms with E-state index in [2.05, 4.69) is 48.1 Å². The van der Waals surface area contributed by atoms with Gasteiger partial charge in [-0.3, -0.25) is 9.69 Å². The Morgan fingerprint density at radius 3 is 2.50 bits per heavy atom. The summed E-state index contributed by atoms with van der Waals surface area (Å²) in [6.45, 7) is 11.9. The smallest absolute Gasteiger partial charge is 0.243 e. The number of nitrogens with zero attached hydrogens (tertiary/aromatic N) is 3. The maximum absolute atomic E-state index is 12.1. The normalized spacial score (nSPS) is 19.9. The van der Waals surface area contributed by atoms with E-state index in [1.807, 2.05) is 0 Å². The van der Waals surface area contributed by atoms with Crippen molar-refractivity contribution in [3.63, 3.8) is 0 Å². The lowest BCUT2D eigenvalue weighted by Gasteiger charge is -2.34. The van der Waals surface area contributed by atoms with Crippen molar-refractivity contribution >= 4 is 5.91 Å². The molecular weight excluding hydrogens is 308 g/mol. The Kier molecular flexibility index (Phi) is 5.98. The molecule has 0 bridgehead atoms. The first-order chi connectivity index (χ1) is 11.2. The molecule has 2 heterocycles. The van der Waals surface area contributed by atoms with Gasteiger partial charge in [0.05, 0.1) is 12.1 Å². The van der Waals surface area contributed by atoms with E-state index in [4.69, 9.17) is 4.52 Å². The highest BCUT2D eigenvalue weighted by Gasteiger charge is 2.31. The van der Waals surface area contributed by atoms with Crippen molar-refractivity contribution in [3.05, 3.63) is 11.7 Å². The standard InChI is InChI=1S/C17H30N4O3/c1-11(22)10-18-14(23)13-6-8-21(9-7-13)12(2)15-19-16(20-24-15)17(3,4)5/h11-13,22H,6-10H2,1-5H3,(H,18,23). The Bertz CT molecular complexity index is 542. The second kappa shape index (κ2) is 7.61. The van der Waals surface area contributed by atoms with E-state index in [1.54, 1.807) is 6.92 Å². The average molecular weight is 338 g/mol. The molecule has 2 atom stereocenters. The Balaban J connectivity index is 1.87. The minimum absolute atomic E-state index is 0.0139. The van der Waals surface area contributed by atoms with E-state index in [0.29, 0.717) is 12.4 Å². The number of likely N-dealkylation sites (tertiary alicyclic amines) is 1. The van der Waals surface area contributed by atoms with Crippen molar-refractivity contribution < 1.29 is 14.4 Å². The lowest BCUT2D eigenvalue weighted by Crippen LogP contribution is -2.42. The highest BCUT2D eigenvalue weighted by molar-refractivity contribution is 5.78. The third-order valence-electron chi connectivity index (χ3n) is 4.49. The maximum atomic E-state index is 12.1. The van der Waals surface area contributed by atoms with E-state index in [0.717, 1.165) is 31.8 Å². The molecule has 7 nitrogen and oxygen atoms in total. The second-order valence-corrected chi connectivity index (χ2v) is 7.79. The van der Waals surface area contributed by atoms with E-state index in [-0.39, 0.29) is 23.3 Å². The molecule has 0 spiro atoms. The van der Waals surface area contributed by atoms with Crippen molar-refractivity contribution in [1.29, 1.82) is 0 Å². The molecule has 0 radical (unpaired) electrons. The van der Waals surface area contributed by atoms with Crippen LogP contribution < -0.4 is 5.32 Å². The number of rotatable bonds is 5. The summed E-state index contributed by atoms with van der Waals surface area (Å²) >= 11 is 0. The number of carbonyl (C=O) groups is 1. The first-order valence-corrected chi connectivity index (χ1v) is 8.72. The topological polar surface area (TPSA) is 91.5 Å². The molecule has 1 fully saturated rings. The van der Waals surface area contributed by atoms with E-state index < -0.39 is 6.10 Å². The molecule has 1 aromatic rings. The number of carbonyl (C=O) groups excluding carboxylic acids is 1. The van der Waals surface area contributed by atoms with Crippen molar-refractivity contribution in [2.45, 2.75) is 65.0 Å². The van der Waals surface area contributed by atoms with Crippen molar-refractivity contribution in [2.75, 3.05) is 19.6 Å². The van der Waals surface area contributed by atoms with Crippen molar-refractivity contribution in [2.24, 2.45) is 5.92 Å². The molecule has 24 heavy (non-hydrogen) atoms. The van der Waals surface area contributed by atoms with Crippen LogP contribution in [0.2, 0.25) is 0 Å². The molecule has 1 aliphatic heterocycles. The predicted molar refractivity (Wildman–Crippen MR) is 90.4 cm³/mol. The fourth-order valence-electron chi connectivity index (χ4n) is 2.81. The number of aliphatic hydroxyl groups is 1. The van der Waals surface area contributed by atoms with Gasteiger partial charge in [0.2, 0.25) is 11.8 Å². The summed E-state index contributed by atoms with van der Waals surface area (Å²) in [5.74, 6) is 1.41. The van der Waals surface area contributed by atoms with Crippen LogP contribution >= 0.6 is 0 Å². The zero-order chi connectivity index (χ0) is 17.9. The Labute approximate surface area is 143 Å². The molecule has 0 aromatic carbocycles. The molecule has 1 saturated heterocycles. The van der Waals surface area contributed by atoms with Crippen LogP contribution in [0.3, 0.4) is 0 Å². The first-order valence-electron chi connectivity index (χ1n) is 8.72. The molecule has 2 unspecified atom stereocenters. The van der Waals surface area contributed by atoms with Gasteiger partial charge in [-0.25, -0.2) is 0 Å². The van der Waals surface area contributed by atoms with Gasteiger partial charge in [-0.2, -0.15) is 4.98 Å². The molecular formula is C17H30N4O3. The van der Waals surface area contributed by atoms with Crippen molar-refractivity contribution in [1.82, 2.24) is 20.4 Å². The zero-order valence-electron chi connectivity index (χ0n) is 15.4. The fourth-order valence-corrected chi connectivity index (χ4v) is 2.81. The monoisotopic (exact) mass is 338 g/mol. The molecule has 1 amide bonds. The number of aliphatic hydroxyl groups excluding tert-OH is 1. The molecule has 2 rings (SSSR count). The summed E-state index contributed by atoms with van der Waals surface area (Å²) in [5, 5.41) is 16.1. The summed E-state index contributed by atoms with van der Waals surface area (Å²) in [5.41, 5.74) is -0.129. The SMILES string of the molecule is CC(O)CNC(=O)C1CCN(C(C)c2nc(C(C)(C)C)no2)CC1. The molecule has 7 heteroatoms. The summed E-state index contributed by atoms with van der Waals surface area (Å²) in [6, 6.07) is 0.0510. The Morgan fingerprint density at radius 2 is 2.00 bits per heavy atom. The van der Waals surface area contributed by atoms with Crippen LogP contribution in [-0.2, 0) is 10.2 Å². The van der Waals surface area contributed by atoms with Gasteiger partial charge in [0.1, 0.15) is 0 Å². The highest BCUT2D eigenvalue weighted by Crippen LogP contribution is 2.27. The number of hydrogen-bond acceptors (Lipinski definition) is 6. The number of amides is 1. The number of aromatic nitrogens is 2. The van der Waals surface area contributed by atoms with Crippen LogP contribution in [0.25, 0.3) is 0 Å². The van der Waals surface area contributed by atoms with Crippen LogP contribution in [0.5, 0.6) is 0 Å². The van der Waals surface area contributed by atoms with Gasteiger partial charge in [0.25, 0.3) is 0 Å². The van der Waals surface area contributed by atoms with Crippen LogP contribution in [0, 0.1) is 5.92 Å². The number of nitrogens with one attached hydrogen (secondary N) is 1. The number of hydrogen-bond donors (Lipinski definition) is 2. The minimum Gasteiger partial charge on any atom is -0.392 e. The fraction of sp³-hybridized carbons (Fsp3) is 0.824. The summed E-state index contributed by atoms with van der Waals surface area (Å²) in [6.07, 6.45) is 1.09. The van der Waals surface area contributed by atoms with Gasteiger partial charge >= 0.3 is 0 Å². The summed E-state index contributed by atoms with van der Waals surface area (Å²) in [7, 11) is 0. The van der Waals surface area contributed by atoms with Crippen LogP contribution in [0.4, 0.5) is 0 Å². The second-order valence-electron chi connectivity index (χ2n) is 7.79. The van der Waals surface area contributed by atoms with Crippen LogP contribution in [0.15, 0.2) is 4.52 Å². The molecule has 0 aliphatic carbocycles. The molecule has 1 aromatic heterocycles. The van der Waals surface area contributed by atoms with Gasteiger partial charge < -0.3 is 14.9 Å². The van der Waals surface area contributed by atoms with Gasteiger partial charge in [0.15, 0.2) is 5.82 Å². The third-order valence-corrected chi connectivity index (χ3v) is 4.49. The zero-order valence-corrected chi connectivity index (χ0v) is 15.4. The maximum Gasteiger partial charge on any atom is 0.243 e. The van der Waals surface area contributed by atoms with Crippen LogP contribution in [-0.4, -0.2) is 51.8 Å². The third kappa shape index (κ3) is 4.77. The molecule has 2 N–H and O–H groups in total. The van der Waals surface area contributed by atoms with Gasteiger partial charge in [-0.05, 0) is 39.8 Å². The quantitative estimate of drug-likeness (QED) is 0.848. The first kappa shape index (κ1) is 18.9. The molecule has 136 valence electrons. The Morgan fingerprint density at radius 1 is 1.38 bits per heavy atom. The predicted octanol–water partition coefficient (Wildman–Crippen LogP) is 1.64. The van der Waals surface area contributed by atoms with E-state index in [9.17, 15) is 9.90 Å². The summed E-state index contributed by atoms with van der Waals surface area (Å²) < 4.78 is 5.44. The van der Waals surface area contributed by atoms with Gasteiger partial charge in [0, 0.05) is 17.9 Å². The number of piperidine rings is 1. The largest absolute Gasteiger partial charge is 0.392 e. The van der Waals surface area contributed by atoms with Gasteiger partial charge in [-0.1, -0.05) is 25.9 Å². The average Bonchev–Trinajstić information content (AvgIpc) is 3.02. The highest BCUT2D eigenvalue weighted by atomic mass is 16.5. The summed E-state index contributed by atoms with van der Waals surface area (Å²) in [4.78, 5) is 18.9. The Hall–Kier alpha value is -1.47. The lowest BCUT2D eigenvalue weighted by molar-refractivity contribution is -0.127.